The zero-order valence-electron chi connectivity index (χ0n) is 9.39. The molecule has 2 heterocycles. The molecule has 0 aromatic carbocycles. The monoisotopic (exact) mass is 232 g/mol. The van der Waals surface area contributed by atoms with Crippen molar-refractivity contribution in [2.24, 2.45) is 5.73 Å². The summed E-state index contributed by atoms with van der Waals surface area (Å²) in [5.74, 6) is 0. The molecule has 1 atom stereocenters. The van der Waals surface area contributed by atoms with Crippen molar-refractivity contribution in [2.45, 2.75) is 25.8 Å². The van der Waals surface area contributed by atoms with Gasteiger partial charge in [0.2, 0.25) is 0 Å². The second kappa shape index (κ2) is 5.23. The first kappa shape index (κ1) is 11.3. The van der Waals surface area contributed by atoms with Gasteiger partial charge in [0.25, 0.3) is 0 Å². The van der Waals surface area contributed by atoms with Crippen molar-refractivity contribution in [2.75, 3.05) is 0 Å². The average Bonchev–Trinajstić information content (AvgIpc) is 2.79. The third-order valence-corrected chi connectivity index (χ3v) is 3.52. The Morgan fingerprint density at radius 3 is 3.00 bits per heavy atom. The molecule has 0 saturated heterocycles. The number of rotatable bonds is 4. The van der Waals surface area contributed by atoms with E-state index in [9.17, 15) is 0 Å². The van der Waals surface area contributed by atoms with Crippen LogP contribution in [0.15, 0.2) is 35.3 Å². The van der Waals surface area contributed by atoms with Crippen LogP contribution in [0.1, 0.15) is 29.2 Å². The smallest absolute Gasteiger partial charge is 0.0301 e. The number of nitrogens with two attached hydrogens (primary N) is 1. The lowest BCUT2D eigenvalue weighted by atomic mass is 9.99. The van der Waals surface area contributed by atoms with Crippen LogP contribution in [0.4, 0.5) is 0 Å². The summed E-state index contributed by atoms with van der Waals surface area (Å²) in [5, 5.41) is 4.30. The molecular formula is C13H16N2S. The lowest BCUT2D eigenvalue weighted by molar-refractivity contribution is 0.647. The third kappa shape index (κ3) is 2.68. The molecule has 2 aromatic rings. The molecule has 2 rings (SSSR count). The quantitative estimate of drug-likeness (QED) is 0.879. The number of aromatic nitrogens is 1. The highest BCUT2D eigenvalue weighted by atomic mass is 32.1. The SMILES string of the molecule is Cc1cnccc1C(N)CCc1ccsc1. The van der Waals surface area contributed by atoms with Gasteiger partial charge in [0.1, 0.15) is 0 Å². The molecule has 0 aliphatic heterocycles. The van der Waals surface area contributed by atoms with Crippen LogP contribution < -0.4 is 5.73 Å². The Bertz CT molecular complexity index is 437. The van der Waals surface area contributed by atoms with Gasteiger partial charge in [-0.3, -0.25) is 4.98 Å². The van der Waals surface area contributed by atoms with E-state index in [0.717, 1.165) is 12.8 Å². The Labute approximate surface area is 100 Å². The fraction of sp³-hybridized carbons (Fsp3) is 0.308. The van der Waals surface area contributed by atoms with E-state index in [0.29, 0.717) is 0 Å². The van der Waals surface area contributed by atoms with E-state index in [1.54, 1.807) is 11.3 Å². The second-order valence-electron chi connectivity index (χ2n) is 4.01. The highest BCUT2D eigenvalue weighted by molar-refractivity contribution is 7.07. The van der Waals surface area contributed by atoms with Crippen LogP contribution in [0.5, 0.6) is 0 Å². The van der Waals surface area contributed by atoms with Gasteiger partial charge in [-0.25, -0.2) is 0 Å². The first-order valence-electron chi connectivity index (χ1n) is 5.44. The van der Waals surface area contributed by atoms with E-state index in [-0.39, 0.29) is 6.04 Å². The van der Waals surface area contributed by atoms with Gasteiger partial charge in [0.15, 0.2) is 0 Å². The maximum absolute atomic E-state index is 6.19. The molecule has 2 nitrogen and oxygen atoms in total. The molecule has 3 heteroatoms. The molecule has 2 aromatic heterocycles. The molecule has 0 amide bonds. The van der Waals surface area contributed by atoms with Crippen molar-refractivity contribution < 1.29 is 0 Å². The van der Waals surface area contributed by atoms with Gasteiger partial charge in [-0.05, 0) is 59.3 Å². The fourth-order valence-electron chi connectivity index (χ4n) is 1.81. The fourth-order valence-corrected chi connectivity index (χ4v) is 2.52. The van der Waals surface area contributed by atoms with E-state index in [1.807, 2.05) is 18.5 Å². The van der Waals surface area contributed by atoms with Gasteiger partial charge in [-0.1, -0.05) is 0 Å². The number of aryl methyl sites for hydroxylation is 2. The van der Waals surface area contributed by atoms with Gasteiger partial charge >= 0.3 is 0 Å². The minimum Gasteiger partial charge on any atom is -0.324 e. The molecule has 0 radical (unpaired) electrons. The summed E-state index contributed by atoms with van der Waals surface area (Å²) in [6, 6.07) is 4.30. The Morgan fingerprint density at radius 1 is 1.44 bits per heavy atom. The van der Waals surface area contributed by atoms with Crippen LogP contribution >= 0.6 is 11.3 Å². The second-order valence-corrected chi connectivity index (χ2v) is 4.79. The summed E-state index contributed by atoms with van der Waals surface area (Å²) in [6.45, 7) is 2.06. The molecule has 84 valence electrons. The minimum absolute atomic E-state index is 0.114. The molecule has 1 unspecified atom stereocenters. The highest BCUT2D eigenvalue weighted by Crippen LogP contribution is 2.20. The maximum Gasteiger partial charge on any atom is 0.0301 e. The summed E-state index contributed by atoms with van der Waals surface area (Å²) >= 11 is 1.74. The van der Waals surface area contributed by atoms with E-state index < -0.39 is 0 Å². The Kier molecular flexibility index (Phi) is 3.70. The minimum atomic E-state index is 0.114. The van der Waals surface area contributed by atoms with Crippen molar-refractivity contribution in [1.29, 1.82) is 0 Å². The number of thiophene rings is 1. The van der Waals surface area contributed by atoms with Crippen molar-refractivity contribution in [3.05, 3.63) is 52.0 Å². The first-order valence-corrected chi connectivity index (χ1v) is 6.39. The van der Waals surface area contributed by atoms with Crippen molar-refractivity contribution in [1.82, 2.24) is 4.98 Å². The van der Waals surface area contributed by atoms with Crippen LogP contribution in [0.2, 0.25) is 0 Å². The summed E-state index contributed by atoms with van der Waals surface area (Å²) in [7, 11) is 0. The lowest BCUT2D eigenvalue weighted by Crippen LogP contribution is -2.12. The van der Waals surface area contributed by atoms with Gasteiger partial charge in [-0.2, -0.15) is 11.3 Å². The van der Waals surface area contributed by atoms with Crippen LogP contribution in [0.25, 0.3) is 0 Å². The molecule has 2 N–H and O–H groups in total. The standard InChI is InChI=1S/C13H16N2S/c1-10-8-15-6-4-12(10)13(14)3-2-11-5-7-16-9-11/h4-9,13H,2-3,14H2,1H3. The summed E-state index contributed by atoms with van der Waals surface area (Å²) in [4.78, 5) is 4.08. The molecule has 0 fully saturated rings. The Morgan fingerprint density at radius 2 is 2.31 bits per heavy atom. The number of pyridine rings is 1. The predicted molar refractivity (Wildman–Crippen MR) is 68.5 cm³/mol. The zero-order valence-corrected chi connectivity index (χ0v) is 10.2. The van der Waals surface area contributed by atoms with Gasteiger partial charge in [0.05, 0.1) is 0 Å². The van der Waals surface area contributed by atoms with E-state index >= 15 is 0 Å². The summed E-state index contributed by atoms with van der Waals surface area (Å²) in [5.41, 5.74) is 9.96. The normalized spacial score (nSPS) is 12.6. The van der Waals surface area contributed by atoms with Gasteiger partial charge in [-0.15, -0.1) is 0 Å². The van der Waals surface area contributed by atoms with Gasteiger partial charge < -0.3 is 5.73 Å². The van der Waals surface area contributed by atoms with E-state index in [4.69, 9.17) is 5.73 Å². The topological polar surface area (TPSA) is 38.9 Å². The molecule has 16 heavy (non-hydrogen) atoms. The van der Waals surface area contributed by atoms with E-state index in [2.05, 4.69) is 28.7 Å². The average molecular weight is 232 g/mol. The molecule has 0 spiro atoms. The molecule has 0 bridgehead atoms. The van der Waals surface area contributed by atoms with Gasteiger partial charge in [0, 0.05) is 18.4 Å². The number of hydrogen-bond acceptors (Lipinski definition) is 3. The Hall–Kier alpha value is -1.19. The summed E-state index contributed by atoms with van der Waals surface area (Å²) in [6.07, 6.45) is 5.72. The van der Waals surface area contributed by atoms with Crippen molar-refractivity contribution in [3.63, 3.8) is 0 Å². The maximum atomic E-state index is 6.19. The molecule has 0 aliphatic carbocycles. The summed E-state index contributed by atoms with van der Waals surface area (Å²) < 4.78 is 0. The largest absolute Gasteiger partial charge is 0.324 e. The lowest BCUT2D eigenvalue weighted by Gasteiger charge is -2.13. The first-order chi connectivity index (χ1) is 7.77. The molecular weight excluding hydrogens is 216 g/mol. The van der Waals surface area contributed by atoms with Crippen molar-refractivity contribution >= 4 is 11.3 Å². The highest BCUT2D eigenvalue weighted by Gasteiger charge is 2.08. The third-order valence-electron chi connectivity index (χ3n) is 2.79. The number of hydrogen-bond donors (Lipinski definition) is 1. The zero-order chi connectivity index (χ0) is 11.4. The molecule has 0 aliphatic rings. The van der Waals surface area contributed by atoms with Crippen LogP contribution in [-0.2, 0) is 6.42 Å². The Balaban J connectivity index is 1.98. The predicted octanol–water partition coefficient (Wildman–Crippen LogP) is 3.08. The molecule has 0 saturated carbocycles. The van der Waals surface area contributed by atoms with Crippen LogP contribution in [0, 0.1) is 6.92 Å². The van der Waals surface area contributed by atoms with Crippen molar-refractivity contribution in [3.8, 4) is 0 Å². The van der Waals surface area contributed by atoms with Crippen LogP contribution in [0.3, 0.4) is 0 Å². The van der Waals surface area contributed by atoms with E-state index in [1.165, 1.54) is 16.7 Å². The number of nitrogens with zero attached hydrogens (tertiary/aromatic N) is 1. The van der Waals surface area contributed by atoms with Crippen LogP contribution in [-0.4, -0.2) is 4.98 Å².